The number of hydrogen-bond donors (Lipinski definition) is 1. The molecule has 0 aromatic carbocycles. The van der Waals surface area contributed by atoms with E-state index in [9.17, 15) is 5.11 Å². The van der Waals surface area contributed by atoms with Gasteiger partial charge in [-0.1, -0.05) is 26.8 Å². The van der Waals surface area contributed by atoms with Gasteiger partial charge in [-0.3, -0.25) is 0 Å². The molecule has 1 aliphatic heterocycles. The largest absolute Gasteiger partial charge is 0.389 e. The maximum atomic E-state index is 9.92. The highest BCUT2D eigenvalue weighted by Crippen LogP contribution is 2.35. The summed E-state index contributed by atoms with van der Waals surface area (Å²) in [6, 6.07) is 3.89. The highest BCUT2D eigenvalue weighted by atomic mass is 16.3. The molecule has 2 atom stereocenters. The molecule has 2 heterocycles. The van der Waals surface area contributed by atoms with Crippen LogP contribution in [0.3, 0.4) is 0 Å². The highest BCUT2D eigenvalue weighted by molar-refractivity contribution is 5.47. The number of aromatic nitrogens is 1. The summed E-state index contributed by atoms with van der Waals surface area (Å²) >= 11 is 0. The molecule has 3 nitrogen and oxygen atoms in total. The Morgan fingerprint density at radius 3 is 2.70 bits per heavy atom. The number of nitrogens with zero attached hydrogens (tertiary/aromatic N) is 2. The molecule has 0 amide bonds. The normalized spacial score (nSPS) is 22.4. The van der Waals surface area contributed by atoms with E-state index in [1.54, 1.807) is 0 Å². The van der Waals surface area contributed by atoms with Crippen molar-refractivity contribution in [1.29, 1.82) is 0 Å². The van der Waals surface area contributed by atoms with Crippen LogP contribution in [0.1, 0.15) is 58.6 Å². The Balaban J connectivity index is 2.15. The Morgan fingerprint density at radius 2 is 2.05 bits per heavy atom. The van der Waals surface area contributed by atoms with Crippen LogP contribution < -0.4 is 4.90 Å². The molecule has 0 saturated carbocycles. The van der Waals surface area contributed by atoms with Crippen LogP contribution in [0, 0.1) is 11.3 Å². The van der Waals surface area contributed by atoms with Gasteiger partial charge in [-0.15, -0.1) is 0 Å². The fourth-order valence-electron chi connectivity index (χ4n) is 3.17. The maximum Gasteiger partial charge on any atom is 0.134 e. The Labute approximate surface area is 123 Å². The van der Waals surface area contributed by atoms with Gasteiger partial charge in [0.05, 0.1) is 6.10 Å². The number of pyridine rings is 1. The van der Waals surface area contributed by atoms with E-state index in [1.807, 2.05) is 25.3 Å². The first kappa shape index (κ1) is 15.3. The van der Waals surface area contributed by atoms with Crippen LogP contribution in [0.2, 0.25) is 0 Å². The summed E-state index contributed by atoms with van der Waals surface area (Å²) in [5.74, 6) is 1.74. The molecule has 0 radical (unpaired) electrons. The van der Waals surface area contributed by atoms with Gasteiger partial charge in [0, 0.05) is 24.8 Å². The predicted octanol–water partition coefficient (Wildman–Crippen LogP) is 3.79. The molecule has 1 aromatic heterocycles. The topological polar surface area (TPSA) is 36.4 Å². The summed E-state index contributed by atoms with van der Waals surface area (Å²) in [6.45, 7) is 10.9. The highest BCUT2D eigenvalue weighted by Gasteiger charge is 2.28. The number of hydrogen-bond acceptors (Lipinski definition) is 3. The van der Waals surface area contributed by atoms with Crippen molar-refractivity contribution in [3.05, 3.63) is 23.9 Å². The molecule has 0 spiro atoms. The number of anilines is 1. The number of aliphatic hydroxyl groups is 1. The Morgan fingerprint density at radius 1 is 1.30 bits per heavy atom. The van der Waals surface area contributed by atoms with Crippen LogP contribution in [-0.4, -0.2) is 23.2 Å². The molecule has 20 heavy (non-hydrogen) atoms. The number of aliphatic hydroxyl groups excluding tert-OH is 1. The van der Waals surface area contributed by atoms with Crippen molar-refractivity contribution >= 4 is 5.82 Å². The first-order chi connectivity index (χ1) is 9.39. The second-order valence-corrected chi connectivity index (χ2v) is 7.07. The second-order valence-electron chi connectivity index (χ2n) is 7.07. The van der Waals surface area contributed by atoms with Crippen molar-refractivity contribution in [3.63, 3.8) is 0 Å². The first-order valence-corrected chi connectivity index (χ1v) is 7.77. The summed E-state index contributed by atoms with van der Waals surface area (Å²) in [7, 11) is 0. The lowest BCUT2D eigenvalue weighted by molar-refractivity contribution is 0.199. The second kappa shape index (κ2) is 6.13. The van der Waals surface area contributed by atoms with E-state index in [-0.39, 0.29) is 0 Å². The zero-order valence-corrected chi connectivity index (χ0v) is 13.3. The SMILES string of the molecule is C[C@@H](O)c1cccnc1N1CCCC(C(C)(C)C)CC1. The molecule has 1 saturated heterocycles. The average molecular weight is 276 g/mol. The lowest BCUT2D eigenvalue weighted by Crippen LogP contribution is -2.28. The lowest BCUT2D eigenvalue weighted by Gasteiger charge is -2.30. The first-order valence-electron chi connectivity index (χ1n) is 7.77. The van der Waals surface area contributed by atoms with Crippen LogP contribution >= 0.6 is 0 Å². The van der Waals surface area contributed by atoms with Crippen molar-refractivity contribution in [2.45, 2.75) is 53.1 Å². The average Bonchev–Trinajstić information content (AvgIpc) is 2.63. The van der Waals surface area contributed by atoms with Crippen molar-refractivity contribution in [2.75, 3.05) is 18.0 Å². The summed E-state index contributed by atoms with van der Waals surface area (Å²) in [4.78, 5) is 6.87. The third kappa shape index (κ3) is 3.51. The molecule has 1 aromatic rings. The van der Waals surface area contributed by atoms with E-state index < -0.39 is 6.10 Å². The standard InChI is InChI=1S/C17H28N2O/c1-13(20)15-8-5-10-18-16(15)19-11-6-7-14(9-12-19)17(2,3)4/h5,8,10,13-14,20H,6-7,9,11-12H2,1-4H3/t13-,14?/m1/s1. The van der Waals surface area contributed by atoms with E-state index in [1.165, 1.54) is 19.3 Å². The van der Waals surface area contributed by atoms with Crippen molar-refractivity contribution in [2.24, 2.45) is 11.3 Å². The summed E-state index contributed by atoms with van der Waals surface area (Å²) in [5.41, 5.74) is 1.33. The van der Waals surface area contributed by atoms with Crippen LogP contribution in [-0.2, 0) is 0 Å². The zero-order valence-electron chi connectivity index (χ0n) is 13.3. The van der Waals surface area contributed by atoms with Crippen LogP contribution in [0.25, 0.3) is 0 Å². The third-order valence-corrected chi connectivity index (χ3v) is 4.52. The molecule has 1 N–H and O–H groups in total. The van der Waals surface area contributed by atoms with E-state index >= 15 is 0 Å². The quantitative estimate of drug-likeness (QED) is 0.893. The minimum atomic E-state index is -0.458. The Kier molecular flexibility index (Phi) is 4.69. The lowest BCUT2D eigenvalue weighted by atomic mass is 9.77. The number of rotatable bonds is 2. The Hall–Kier alpha value is -1.09. The molecule has 0 aliphatic carbocycles. The van der Waals surface area contributed by atoms with Crippen molar-refractivity contribution < 1.29 is 5.11 Å². The van der Waals surface area contributed by atoms with E-state index in [0.29, 0.717) is 5.41 Å². The van der Waals surface area contributed by atoms with Gasteiger partial charge in [0.2, 0.25) is 0 Å². The van der Waals surface area contributed by atoms with Gasteiger partial charge < -0.3 is 10.0 Å². The van der Waals surface area contributed by atoms with Gasteiger partial charge in [0.15, 0.2) is 0 Å². The predicted molar refractivity (Wildman–Crippen MR) is 83.9 cm³/mol. The smallest absolute Gasteiger partial charge is 0.134 e. The zero-order chi connectivity index (χ0) is 14.8. The fraction of sp³-hybridized carbons (Fsp3) is 0.706. The monoisotopic (exact) mass is 276 g/mol. The van der Waals surface area contributed by atoms with E-state index in [0.717, 1.165) is 30.4 Å². The maximum absolute atomic E-state index is 9.92. The van der Waals surface area contributed by atoms with Gasteiger partial charge in [-0.2, -0.15) is 0 Å². The van der Waals surface area contributed by atoms with Crippen LogP contribution in [0.4, 0.5) is 5.82 Å². The molecule has 1 unspecified atom stereocenters. The Bertz CT molecular complexity index is 437. The molecule has 2 rings (SSSR count). The molecule has 0 bridgehead atoms. The minimum absolute atomic E-state index is 0.382. The summed E-state index contributed by atoms with van der Waals surface area (Å²) in [5, 5.41) is 9.92. The van der Waals surface area contributed by atoms with E-state index in [2.05, 4.69) is 30.7 Å². The summed E-state index contributed by atoms with van der Waals surface area (Å²) < 4.78 is 0. The molecule has 1 aliphatic rings. The molecule has 3 heteroatoms. The van der Waals surface area contributed by atoms with E-state index in [4.69, 9.17) is 0 Å². The van der Waals surface area contributed by atoms with Gasteiger partial charge in [-0.25, -0.2) is 4.98 Å². The van der Waals surface area contributed by atoms with Crippen LogP contribution in [0.5, 0.6) is 0 Å². The summed E-state index contributed by atoms with van der Waals surface area (Å²) in [6.07, 6.45) is 5.07. The molecule has 112 valence electrons. The van der Waals surface area contributed by atoms with Gasteiger partial charge in [0.25, 0.3) is 0 Å². The van der Waals surface area contributed by atoms with Gasteiger partial charge in [0.1, 0.15) is 5.82 Å². The fourth-order valence-corrected chi connectivity index (χ4v) is 3.17. The molecule has 1 fully saturated rings. The van der Waals surface area contributed by atoms with Crippen LogP contribution in [0.15, 0.2) is 18.3 Å². The van der Waals surface area contributed by atoms with Gasteiger partial charge in [-0.05, 0) is 43.6 Å². The van der Waals surface area contributed by atoms with Crippen molar-refractivity contribution in [1.82, 2.24) is 4.98 Å². The third-order valence-electron chi connectivity index (χ3n) is 4.52. The minimum Gasteiger partial charge on any atom is -0.389 e. The molecular weight excluding hydrogens is 248 g/mol. The van der Waals surface area contributed by atoms with Crippen molar-refractivity contribution in [3.8, 4) is 0 Å². The van der Waals surface area contributed by atoms with Gasteiger partial charge >= 0.3 is 0 Å². The molecular formula is C17H28N2O.